The first kappa shape index (κ1) is 22.7. The van der Waals surface area contributed by atoms with Gasteiger partial charge in [-0.25, -0.2) is 4.79 Å². The third-order valence-electron chi connectivity index (χ3n) is 5.28. The van der Waals surface area contributed by atoms with Gasteiger partial charge in [0, 0.05) is 16.6 Å². The van der Waals surface area contributed by atoms with Crippen LogP contribution in [-0.4, -0.2) is 35.9 Å². The summed E-state index contributed by atoms with van der Waals surface area (Å²) in [6, 6.07) is 7.26. The van der Waals surface area contributed by atoms with Gasteiger partial charge in [0.25, 0.3) is 0 Å². The summed E-state index contributed by atoms with van der Waals surface area (Å²) in [5.74, 6) is -0.559. The van der Waals surface area contributed by atoms with Crippen molar-refractivity contribution in [3.05, 3.63) is 58.8 Å². The molecule has 8 heteroatoms. The summed E-state index contributed by atoms with van der Waals surface area (Å²) in [5.41, 5.74) is 1.82. The van der Waals surface area contributed by atoms with Crippen molar-refractivity contribution in [3.8, 4) is 0 Å². The van der Waals surface area contributed by atoms with E-state index in [1.807, 2.05) is 19.1 Å². The maximum atomic E-state index is 13.2. The molecule has 2 aliphatic rings. The first-order valence-electron chi connectivity index (χ1n) is 10.1. The van der Waals surface area contributed by atoms with E-state index in [0.29, 0.717) is 16.3 Å². The number of nitrogens with one attached hydrogen (secondary N) is 3. The maximum absolute atomic E-state index is 13.2. The minimum atomic E-state index is -0.510. The second kappa shape index (κ2) is 10.4. The molecule has 0 bridgehead atoms. The van der Waals surface area contributed by atoms with Crippen LogP contribution in [-0.2, 0) is 14.3 Å². The van der Waals surface area contributed by atoms with Gasteiger partial charge >= 0.3 is 5.97 Å². The number of rotatable bonds is 8. The number of allylic oxidation sites excluding steroid dienone is 1. The van der Waals surface area contributed by atoms with Gasteiger partial charge in [0.2, 0.25) is 5.91 Å². The molecule has 1 fully saturated rings. The second-order valence-electron chi connectivity index (χ2n) is 7.38. The van der Waals surface area contributed by atoms with E-state index < -0.39 is 17.8 Å². The number of halogens is 1. The molecule has 0 aliphatic carbocycles. The molecule has 1 aromatic rings. The quantitative estimate of drug-likeness (QED) is 0.320. The zero-order valence-corrected chi connectivity index (χ0v) is 18.8. The molecule has 0 aromatic heterocycles. The minimum absolute atomic E-state index is 0.0956. The molecule has 3 rings (SSSR count). The van der Waals surface area contributed by atoms with E-state index in [1.165, 1.54) is 6.08 Å². The molecule has 4 atom stereocenters. The number of hydrogen-bond acceptors (Lipinski definition) is 6. The Kier molecular flexibility index (Phi) is 7.86. The van der Waals surface area contributed by atoms with Gasteiger partial charge in [-0.1, -0.05) is 49.7 Å². The van der Waals surface area contributed by atoms with Crippen LogP contribution in [0.5, 0.6) is 0 Å². The number of carbonyl (C=O) groups is 2. The average molecular weight is 450 g/mol. The van der Waals surface area contributed by atoms with Crippen molar-refractivity contribution in [1.82, 2.24) is 16.0 Å². The number of amides is 1. The molecule has 162 valence electrons. The Hall–Kier alpha value is -1.96. The number of ether oxygens (including phenoxy) is 1. The van der Waals surface area contributed by atoms with Crippen LogP contribution >= 0.6 is 23.4 Å². The smallest absolute Gasteiger partial charge is 0.336 e. The zero-order valence-electron chi connectivity index (χ0n) is 17.2. The minimum Gasteiger partial charge on any atom is -0.458 e. The van der Waals surface area contributed by atoms with E-state index in [0.717, 1.165) is 24.2 Å². The van der Waals surface area contributed by atoms with Crippen LogP contribution in [0.25, 0.3) is 0 Å². The predicted molar refractivity (Wildman–Crippen MR) is 121 cm³/mol. The number of thioether (sulfide) groups is 1. The van der Waals surface area contributed by atoms with Crippen LogP contribution in [0.2, 0.25) is 5.02 Å². The molecule has 30 heavy (non-hydrogen) atoms. The molecule has 1 aromatic carbocycles. The normalized spacial score (nSPS) is 25.8. The summed E-state index contributed by atoms with van der Waals surface area (Å²) >= 11 is 7.75. The van der Waals surface area contributed by atoms with E-state index in [4.69, 9.17) is 16.3 Å². The van der Waals surface area contributed by atoms with E-state index in [2.05, 4.69) is 29.5 Å². The lowest BCUT2D eigenvalue weighted by Gasteiger charge is -2.45. The Morgan fingerprint density at radius 1 is 1.30 bits per heavy atom. The van der Waals surface area contributed by atoms with Crippen LogP contribution in [0.4, 0.5) is 0 Å². The highest BCUT2D eigenvalue weighted by Gasteiger charge is 2.48. The lowest BCUT2D eigenvalue weighted by molar-refractivity contribution is -0.139. The van der Waals surface area contributed by atoms with Gasteiger partial charge in [-0.3, -0.25) is 10.1 Å². The van der Waals surface area contributed by atoms with Gasteiger partial charge < -0.3 is 15.4 Å². The average Bonchev–Trinajstić information content (AvgIpc) is 2.72. The SMILES string of the molecule is C=CCOC(=O)C1=C(C)NC2NC(SCCCC)NC(=O)C2C1c1ccc(Cl)cc1. The Morgan fingerprint density at radius 3 is 2.70 bits per heavy atom. The van der Waals surface area contributed by atoms with Crippen molar-refractivity contribution < 1.29 is 14.3 Å². The van der Waals surface area contributed by atoms with Crippen LogP contribution in [0, 0.1) is 5.92 Å². The van der Waals surface area contributed by atoms with Gasteiger partial charge in [-0.15, -0.1) is 11.8 Å². The third kappa shape index (κ3) is 5.02. The molecule has 0 radical (unpaired) electrons. The Balaban J connectivity index is 1.95. The molecule has 6 nitrogen and oxygen atoms in total. The zero-order chi connectivity index (χ0) is 21.7. The molecule has 1 saturated heterocycles. The molecule has 2 heterocycles. The lowest BCUT2D eigenvalue weighted by Crippen LogP contribution is -2.67. The van der Waals surface area contributed by atoms with Crippen molar-refractivity contribution in [3.63, 3.8) is 0 Å². The highest BCUT2D eigenvalue weighted by atomic mass is 35.5. The van der Waals surface area contributed by atoms with Crippen molar-refractivity contribution in [2.45, 2.75) is 44.3 Å². The van der Waals surface area contributed by atoms with E-state index in [-0.39, 0.29) is 24.2 Å². The fourth-order valence-corrected chi connectivity index (χ4v) is 5.12. The first-order valence-corrected chi connectivity index (χ1v) is 11.6. The molecule has 3 N–H and O–H groups in total. The van der Waals surface area contributed by atoms with Gasteiger partial charge in [0.05, 0.1) is 17.7 Å². The van der Waals surface area contributed by atoms with Crippen LogP contribution in [0.15, 0.2) is 48.2 Å². The van der Waals surface area contributed by atoms with Crippen molar-refractivity contribution >= 4 is 35.2 Å². The van der Waals surface area contributed by atoms with Gasteiger partial charge in [-0.05, 0) is 36.8 Å². The van der Waals surface area contributed by atoms with Gasteiger partial charge in [0.1, 0.15) is 12.1 Å². The monoisotopic (exact) mass is 449 g/mol. The second-order valence-corrected chi connectivity index (χ2v) is 9.03. The molecule has 4 unspecified atom stereocenters. The largest absolute Gasteiger partial charge is 0.458 e. The summed E-state index contributed by atoms with van der Waals surface area (Å²) in [6.07, 6.45) is 3.42. The van der Waals surface area contributed by atoms with Crippen LogP contribution < -0.4 is 16.0 Å². The Morgan fingerprint density at radius 2 is 2.03 bits per heavy atom. The highest BCUT2D eigenvalue weighted by molar-refractivity contribution is 7.99. The number of esters is 1. The number of unbranched alkanes of at least 4 members (excludes halogenated alkanes) is 1. The van der Waals surface area contributed by atoms with Crippen molar-refractivity contribution in [2.75, 3.05) is 12.4 Å². The number of benzene rings is 1. The summed E-state index contributed by atoms with van der Waals surface area (Å²) in [4.78, 5) is 26.1. The third-order valence-corrected chi connectivity index (χ3v) is 6.64. The predicted octanol–water partition coefficient (Wildman–Crippen LogP) is 3.51. The summed E-state index contributed by atoms with van der Waals surface area (Å²) in [6.45, 7) is 7.70. The summed E-state index contributed by atoms with van der Waals surface area (Å²) < 4.78 is 5.34. The standard InChI is InChI=1S/C22H28ClN3O3S/c1-4-6-12-30-22-25-19-18(20(27)26-22)17(14-7-9-15(23)10-8-14)16(13(3)24-19)21(28)29-11-5-2/h5,7-10,17-19,22,24-25H,2,4,6,11-12H2,1,3H3,(H,26,27). The Bertz CT molecular complexity index is 827. The molecular formula is C22H28ClN3O3S. The van der Waals surface area contributed by atoms with Crippen LogP contribution in [0.1, 0.15) is 38.2 Å². The number of hydrogen-bond donors (Lipinski definition) is 3. The van der Waals surface area contributed by atoms with Crippen molar-refractivity contribution in [2.24, 2.45) is 5.92 Å². The summed E-state index contributed by atoms with van der Waals surface area (Å²) in [7, 11) is 0. The molecule has 1 amide bonds. The maximum Gasteiger partial charge on any atom is 0.336 e. The molecular weight excluding hydrogens is 422 g/mol. The fourth-order valence-electron chi connectivity index (χ4n) is 3.86. The molecule has 2 aliphatic heterocycles. The summed E-state index contributed by atoms with van der Waals surface area (Å²) in [5, 5.41) is 10.5. The van der Waals surface area contributed by atoms with Gasteiger partial charge in [-0.2, -0.15) is 0 Å². The number of carbonyl (C=O) groups excluding carboxylic acids is 2. The first-order chi connectivity index (χ1) is 14.5. The highest BCUT2D eigenvalue weighted by Crippen LogP contribution is 2.41. The Labute approximate surface area is 186 Å². The number of fused-ring (bicyclic) bond motifs is 1. The van der Waals surface area contributed by atoms with Crippen LogP contribution in [0.3, 0.4) is 0 Å². The van der Waals surface area contributed by atoms with Gasteiger partial charge in [0.15, 0.2) is 0 Å². The molecule has 0 spiro atoms. The van der Waals surface area contributed by atoms with Crippen molar-refractivity contribution in [1.29, 1.82) is 0 Å². The molecule has 0 saturated carbocycles. The van der Waals surface area contributed by atoms with E-state index in [9.17, 15) is 9.59 Å². The lowest BCUT2D eigenvalue weighted by atomic mass is 9.74. The fraction of sp³-hybridized carbons (Fsp3) is 0.455. The van der Waals surface area contributed by atoms with E-state index in [1.54, 1.807) is 23.9 Å². The van der Waals surface area contributed by atoms with E-state index >= 15 is 0 Å². The topological polar surface area (TPSA) is 79.5 Å².